The predicted molar refractivity (Wildman–Crippen MR) is 75.7 cm³/mol. The molecule has 1 heterocycles. The molecule has 0 radical (unpaired) electrons. The SMILES string of the molecule is CC(NC(=O)C(=O)NCC(N)=S)c1ccc(Cl)s1. The van der Waals surface area contributed by atoms with Gasteiger partial charge in [-0.05, 0) is 19.1 Å². The molecular formula is C10H12ClN3O2S2. The number of thiocarbonyl (C=S) groups is 1. The van der Waals surface area contributed by atoms with Crippen molar-refractivity contribution in [2.75, 3.05) is 6.54 Å². The molecule has 0 aliphatic rings. The van der Waals surface area contributed by atoms with Gasteiger partial charge in [0.15, 0.2) is 0 Å². The summed E-state index contributed by atoms with van der Waals surface area (Å²) in [6, 6.07) is 3.24. The van der Waals surface area contributed by atoms with Crippen LogP contribution in [0.25, 0.3) is 0 Å². The van der Waals surface area contributed by atoms with Crippen LogP contribution in [0.4, 0.5) is 0 Å². The molecule has 1 rings (SSSR count). The summed E-state index contributed by atoms with van der Waals surface area (Å²) in [7, 11) is 0. The molecule has 1 aromatic rings. The van der Waals surface area contributed by atoms with Gasteiger partial charge in [0, 0.05) is 4.88 Å². The Bertz CT molecular complexity index is 475. The summed E-state index contributed by atoms with van der Waals surface area (Å²) in [5.41, 5.74) is 5.21. The van der Waals surface area contributed by atoms with E-state index in [1.807, 2.05) is 0 Å². The molecule has 0 saturated carbocycles. The van der Waals surface area contributed by atoms with E-state index in [2.05, 4.69) is 22.9 Å². The van der Waals surface area contributed by atoms with E-state index < -0.39 is 11.8 Å². The average molecular weight is 306 g/mol. The van der Waals surface area contributed by atoms with E-state index in [1.165, 1.54) is 11.3 Å². The van der Waals surface area contributed by atoms with E-state index in [1.54, 1.807) is 19.1 Å². The van der Waals surface area contributed by atoms with E-state index in [9.17, 15) is 9.59 Å². The van der Waals surface area contributed by atoms with Crippen LogP contribution in [-0.2, 0) is 9.59 Å². The summed E-state index contributed by atoms with van der Waals surface area (Å²) in [5.74, 6) is -1.50. The summed E-state index contributed by atoms with van der Waals surface area (Å²) in [5, 5.41) is 4.85. The Balaban J connectivity index is 2.49. The second-order valence-corrected chi connectivity index (χ2v) is 5.76. The van der Waals surface area contributed by atoms with Crippen LogP contribution in [0, 0.1) is 0 Å². The summed E-state index contributed by atoms with van der Waals surface area (Å²) >= 11 is 11.7. The first-order chi connectivity index (χ1) is 8.40. The van der Waals surface area contributed by atoms with Crippen molar-refractivity contribution < 1.29 is 9.59 Å². The summed E-state index contributed by atoms with van der Waals surface area (Å²) < 4.78 is 0.629. The third kappa shape index (κ3) is 4.59. The molecule has 0 saturated heterocycles. The Morgan fingerprint density at radius 2 is 2.17 bits per heavy atom. The van der Waals surface area contributed by atoms with E-state index >= 15 is 0 Å². The van der Waals surface area contributed by atoms with E-state index in [4.69, 9.17) is 17.3 Å². The first-order valence-electron chi connectivity index (χ1n) is 5.02. The lowest BCUT2D eigenvalue weighted by atomic mass is 10.2. The van der Waals surface area contributed by atoms with Gasteiger partial charge in [-0.25, -0.2) is 0 Å². The molecule has 0 aliphatic heterocycles. The van der Waals surface area contributed by atoms with Crippen LogP contribution in [0.15, 0.2) is 12.1 Å². The Labute approximate surface area is 119 Å². The van der Waals surface area contributed by atoms with Crippen molar-refractivity contribution in [2.45, 2.75) is 13.0 Å². The van der Waals surface area contributed by atoms with Crippen molar-refractivity contribution in [3.8, 4) is 0 Å². The summed E-state index contributed by atoms with van der Waals surface area (Å²) in [6.07, 6.45) is 0. The van der Waals surface area contributed by atoms with Crippen molar-refractivity contribution in [1.29, 1.82) is 0 Å². The molecule has 18 heavy (non-hydrogen) atoms. The van der Waals surface area contributed by atoms with Crippen molar-refractivity contribution in [3.63, 3.8) is 0 Å². The van der Waals surface area contributed by atoms with Crippen LogP contribution in [0.1, 0.15) is 17.8 Å². The number of nitrogens with two attached hydrogens (primary N) is 1. The Morgan fingerprint density at radius 3 is 2.67 bits per heavy atom. The zero-order valence-electron chi connectivity index (χ0n) is 9.53. The Kier molecular flexibility index (Phi) is 5.52. The minimum atomic E-state index is -0.766. The van der Waals surface area contributed by atoms with Crippen LogP contribution in [0.3, 0.4) is 0 Å². The molecule has 1 unspecified atom stereocenters. The molecule has 5 nitrogen and oxygen atoms in total. The molecule has 4 N–H and O–H groups in total. The predicted octanol–water partition coefficient (Wildman–Crippen LogP) is 0.981. The topological polar surface area (TPSA) is 84.2 Å². The molecule has 98 valence electrons. The number of amides is 2. The molecule has 2 amide bonds. The number of halogens is 1. The molecule has 0 fully saturated rings. The molecule has 0 bridgehead atoms. The zero-order chi connectivity index (χ0) is 13.7. The highest BCUT2D eigenvalue weighted by Gasteiger charge is 2.17. The maximum atomic E-state index is 11.5. The van der Waals surface area contributed by atoms with Gasteiger partial charge < -0.3 is 16.4 Å². The Hall–Kier alpha value is -1.18. The lowest BCUT2D eigenvalue weighted by Gasteiger charge is -2.11. The lowest BCUT2D eigenvalue weighted by molar-refractivity contribution is -0.139. The second kappa shape index (κ2) is 6.67. The fourth-order valence-electron chi connectivity index (χ4n) is 1.14. The molecule has 0 aliphatic carbocycles. The Morgan fingerprint density at radius 1 is 1.50 bits per heavy atom. The smallest absolute Gasteiger partial charge is 0.309 e. The average Bonchev–Trinajstić information content (AvgIpc) is 2.72. The standard InChI is InChI=1S/C10H12ClN3O2S2/c1-5(6-2-3-7(11)18-6)14-10(16)9(15)13-4-8(12)17/h2-3,5H,4H2,1H3,(H2,12,17)(H,13,15)(H,14,16). The fraction of sp³-hybridized carbons (Fsp3) is 0.300. The van der Waals surface area contributed by atoms with Crippen molar-refractivity contribution in [3.05, 3.63) is 21.3 Å². The van der Waals surface area contributed by atoms with Crippen LogP contribution in [0.2, 0.25) is 4.34 Å². The quantitative estimate of drug-likeness (QED) is 0.572. The van der Waals surface area contributed by atoms with Gasteiger partial charge >= 0.3 is 11.8 Å². The number of nitrogens with one attached hydrogen (secondary N) is 2. The van der Waals surface area contributed by atoms with Gasteiger partial charge in [0.2, 0.25) is 0 Å². The van der Waals surface area contributed by atoms with Gasteiger partial charge in [-0.15, -0.1) is 11.3 Å². The van der Waals surface area contributed by atoms with Gasteiger partial charge in [0.05, 0.1) is 21.9 Å². The number of carbonyl (C=O) groups is 2. The van der Waals surface area contributed by atoms with Crippen LogP contribution in [-0.4, -0.2) is 23.3 Å². The van der Waals surface area contributed by atoms with Crippen LogP contribution < -0.4 is 16.4 Å². The summed E-state index contributed by atoms with van der Waals surface area (Å²) in [4.78, 5) is 23.9. The molecule has 0 spiro atoms. The minimum absolute atomic E-state index is 0.000791. The molecule has 8 heteroatoms. The number of hydrogen-bond donors (Lipinski definition) is 3. The van der Waals surface area contributed by atoms with E-state index in [0.29, 0.717) is 4.34 Å². The zero-order valence-corrected chi connectivity index (χ0v) is 11.9. The normalized spacial score (nSPS) is 11.7. The number of carbonyl (C=O) groups excluding carboxylic acids is 2. The third-order valence-corrected chi connectivity index (χ3v) is 3.56. The maximum Gasteiger partial charge on any atom is 0.309 e. The first kappa shape index (κ1) is 14.9. The van der Waals surface area contributed by atoms with Crippen molar-refractivity contribution >= 4 is 52.0 Å². The molecule has 1 atom stereocenters. The van der Waals surface area contributed by atoms with Gasteiger partial charge in [0.1, 0.15) is 0 Å². The number of thiophene rings is 1. The van der Waals surface area contributed by atoms with E-state index in [-0.39, 0.29) is 17.6 Å². The molecule has 1 aromatic heterocycles. The first-order valence-corrected chi connectivity index (χ1v) is 6.62. The monoisotopic (exact) mass is 305 g/mol. The molecular weight excluding hydrogens is 294 g/mol. The highest BCUT2D eigenvalue weighted by Crippen LogP contribution is 2.26. The van der Waals surface area contributed by atoms with Crippen molar-refractivity contribution in [1.82, 2.24) is 10.6 Å². The lowest BCUT2D eigenvalue weighted by Crippen LogP contribution is -2.43. The van der Waals surface area contributed by atoms with Crippen LogP contribution >= 0.6 is 35.2 Å². The molecule has 0 aromatic carbocycles. The van der Waals surface area contributed by atoms with Crippen molar-refractivity contribution in [2.24, 2.45) is 5.73 Å². The highest BCUT2D eigenvalue weighted by molar-refractivity contribution is 7.80. The maximum absolute atomic E-state index is 11.5. The minimum Gasteiger partial charge on any atom is -0.392 e. The third-order valence-electron chi connectivity index (χ3n) is 2.00. The van der Waals surface area contributed by atoms with E-state index in [0.717, 1.165) is 4.88 Å². The van der Waals surface area contributed by atoms with Gasteiger partial charge in [0.25, 0.3) is 0 Å². The van der Waals surface area contributed by atoms with Gasteiger partial charge in [-0.1, -0.05) is 23.8 Å². The number of rotatable bonds is 4. The fourth-order valence-corrected chi connectivity index (χ4v) is 2.28. The summed E-state index contributed by atoms with van der Waals surface area (Å²) in [6.45, 7) is 1.77. The van der Waals surface area contributed by atoms with Gasteiger partial charge in [-0.2, -0.15) is 0 Å². The van der Waals surface area contributed by atoms with Gasteiger partial charge in [-0.3, -0.25) is 9.59 Å². The highest BCUT2D eigenvalue weighted by atomic mass is 35.5. The largest absolute Gasteiger partial charge is 0.392 e. The van der Waals surface area contributed by atoms with Crippen LogP contribution in [0.5, 0.6) is 0 Å². The number of hydrogen-bond acceptors (Lipinski definition) is 4. The second-order valence-electron chi connectivity index (χ2n) is 3.49.